The van der Waals surface area contributed by atoms with Crippen molar-refractivity contribution in [3.63, 3.8) is 0 Å². The summed E-state index contributed by atoms with van der Waals surface area (Å²) >= 11 is 0. The fourth-order valence-electron chi connectivity index (χ4n) is 1.53. The zero-order valence-electron chi connectivity index (χ0n) is 7.20. The van der Waals surface area contributed by atoms with Crippen molar-refractivity contribution < 1.29 is 0 Å². The molecule has 12 heavy (non-hydrogen) atoms. The van der Waals surface area contributed by atoms with E-state index in [1.807, 2.05) is 0 Å². The van der Waals surface area contributed by atoms with Crippen LogP contribution in [0, 0.1) is 0 Å². The molecule has 0 saturated carbocycles. The van der Waals surface area contributed by atoms with Crippen LogP contribution in [0.2, 0.25) is 0 Å². The van der Waals surface area contributed by atoms with Gasteiger partial charge in [-0.2, -0.15) is 0 Å². The predicted octanol–water partition coefficient (Wildman–Crippen LogP) is 1.73. The Labute approximate surface area is 75.4 Å². The number of hydrogen-bond donors (Lipinski definition) is 0. The quantitative estimate of drug-likeness (QED) is 0.561. The maximum Gasteiger partial charge on any atom is 0.0633 e. The lowest BCUT2D eigenvalue weighted by Crippen LogP contribution is -2.33. The monoisotopic (exact) mass is 180 g/mol. The van der Waals surface area contributed by atoms with Crippen LogP contribution in [0.25, 0.3) is 0 Å². The van der Waals surface area contributed by atoms with Crippen molar-refractivity contribution in [2.24, 2.45) is 0 Å². The highest BCUT2D eigenvalue weighted by atomic mass is 31.0. The second kappa shape index (κ2) is 2.95. The van der Waals surface area contributed by atoms with Crippen LogP contribution in [0.15, 0.2) is 24.3 Å². The van der Waals surface area contributed by atoms with Crippen molar-refractivity contribution in [1.29, 1.82) is 0 Å². The van der Waals surface area contributed by atoms with Crippen LogP contribution >= 0.6 is 9.39 Å². The maximum atomic E-state index is 2.76. The number of anilines is 2. The number of benzene rings is 1. The number of para-hydroxylation sites is 2. The summed E-state index contributed by atoms with van der Waals surface area (Å²) in [4.78, 5) is 2.29. The first-order valence-electron chi connectivity index (χ1n) is 4.11. The second-order valence-electron chi connectivity index (χ2n) is 3.10. The van der Waals surface area contributed by atoms with E-state index in [1.165, 1.54) is 11.4 Å². The molecule has 1 unspecified atom stereocenters. The molecular formula is C9H13N2P. The van der Waals surface area contributed by atoms with Gasteiger partial charge in [-0.05, 0) is 21.5 Å². The van der Waals surface area contributed by atoms with Gasteiger partial charge in [-0.15, -0.1) is 0 Å². The Morgan fingerprint density at radius 1 is 1.17 bits per heavy atom. The fourth-order valence-corrected chi connectivity index (χ4v) is 1.86. The van der Waals surface area contributed by atoms with Gasteiger partial charge in [0.1, 0.15) is 0 Å². The molecule has 0 aromatic heterocycles. The van der Waals surface area contributed by atoms with E-state index in [1.54, 1.807) is 0 Å². The molecule has 0 radical (unpaired) electrons. The minimum atomic E-state index is 1.08. The molecule has 1 aromatic rings. The summed E-state index contributed by atoms with van der Waals surface area (Å²) in [7, 11) is 4.89. The summed E-state index contributed by atoms with van der Waals surface area (Å²) in [6.45, 7) is 2.18. The standard InChI is InChI=1S/C9H13N2P/c1-10-6-7-11(12)9-5-3-2-4-8(9)10/h2-5H,6-7,12H2,1H3. The van der Waals surface area contributed by atoms with Gasteiger partial charge in [0.05, 0.1) is 11.4 Å². The van der Waals surface area contributed by atoms with E-state index in [9.17, 15) is 0 Å². The van der Waals surface area contributed by atoms with Gasteiger partial charge in [0.2, 0.25) is 0 Å². The summed E-state index contributed by atoms with van der Waals surface area (Å²) in [6, 6.07) is 8.47. The second-order valence-corrected chi connectivity index (χ2v) is 3.73. The molecule has 1 atom stereocenters. The number of likely N-dealkylation sites (N-methyl/N-ethyl adjacent to an activating group) is 1. The van der Waals surface area contributed by atoms with Gasteiger partial charge < -0.3 is 9.57 Å². The molecule has 0 saturated heterocycles. The van der Waals surface area contributed by atoms with Crippen LogP contribution in [0.5, 0.6) is 0 Å². The highest BCUT2D eigenvalue weighted by molar-refractivity contribution is 7.19. The van der Waals surface area contributed by atoms with E-state index in [0.717, 1.165) is 13.1 Å². The third-order valence-corrected chi connectivity index (χ3v) is 2.82. The fraction of sp³-hybridized carbons (Fsp3) is 0.333. The first-order chi connectivity index (χ1) is 5.79. The Kier molecular flexibility index (Phi) is 1.93. The van der Waals surface area contributed by atoms with E-state index < -0.39 is 0 Å². The summed E-state index contributed by atoms with van der Waals surface area (Å²) in [5.74, 6) is 0. The van der Waals surface area contributed by atoms with Crippen LogP contribution in [0.1, 0.15) is 0 Å². The number of nitrogens with zero attached hydrogens (tertiary/aromatic N) is 2. The molecule has 2 rings (SSSR count). The summed E-state index contributed by atoms with van der Waals surface area (Å²) in [5.41, 5.74) is 2.62. The van der Waals surface area contributed by atoms with Crippen molar-refractivity contribution in [2.75, 3.05) is 29.7 Å². The van der Waals surface area contributed by atoms with E-state index in [2.05, 4.69) is 50.3 Å². The third kappa shape index (κ3) is 1.16. The lowest BCUT2D eigenvalue weighted by atomic mass is 10.2. The molecule has 0 N–H and O–H groups in total. The molecule has 0 amide bonds. The Morgan fingerprint density at radius 3 is 2.50 bits per heavy atom. The SMILES string of the molecule is CN1CCN(P)c2ccccc21. The molecule has 1 aromatic carbocycles. The van der Waals surface area contributed by atoms with Crippen LogP contribution in [0.3, 0.4) is 0 Å². The molecule has 2 nitrogen and oxygen atoms in total. The lowest BCUT2D eigenvalue weighted by molar-refractivity contribution is 0.853. The Morgan fingerprint density at radius 2 is 1.83 bits per heavy atom. The molecule has 3 heteroatoms. The summed E-state index contributed by atoms with van der Waals surface area (Å²) in [6.07, 6.45) is 0. The van der Waals surface area contributed by atoms with Crippen LogP contribution in [-0.2, 0) is 0 Å². The van der Waals surface area contributed by atoms with Gasteiger partial charge in [0.25, 0.3) is 0 Å². The van der Waals surface area contributed by atoms with Gasteiger partial charge in [0, 0.05) is 20.1 Å². The van der Waals surface area contributed by atoms with Gasteiger partial charge >= 0.3 is 0 Å². The van der Waals surface area contributed by atoms with Crippen molar-refractivity contribution in [3.05, 3.63) is 24.3 Å². The minimum Gasteiger partial charge on any atom is -0.371 e. The highest BCUT2D eigenvalue weighted by Gasteiger charge is 2.15. The average molecular weight is 180 g/mol. The van der Waals surface area contributed by atoms with Gasteiger partial charge in [0.15, 0.2) is 0 Å². The van der Waals surface area contributed by atoms with Crippen molar-refractivity contribution in [1.82, 2.24) is 0 Å². The molecule has 1 aliphatic rings. The molecule has 0 spiro atoms. The average Bonchev–Trinajstić information content (AvgIpc) is 2.12. The van der Waals surface area contributed by atoms with Crippen molar-refractivity contribution in [3.8, 4) is 0 Å². The third-order valence-electron chi connectivity index (χ3n) is 2.28. The number of rotatable bonds is 0. The zero-order valence-corrected chi connectivity index (χ0v) is 8.35. The topological polar surface area (TPSA) is 6.48 Å². The zero-order chi connectivity index (χ0) is 8.55. The minimum absolute atomic E-state index is 1.08. The molecule has 0 bridgehead atoms. The van der Waals surface area contributed by atoms with Crippen molar-refractivity contribution in [2.45, 2.75) is 0 Å². The molecule has 0 fully saturated rings. The highest BCUT2D eigenvalue weighted by Crippen LogP contribution is 2.33. The lowest BCUT2D eigenvalue weighted by Gasteiger charge is -2.34. The normalized spacial score (nSPS) is 16.2. The van der Waals surface area contributed by atoms with Gasteiger partial charge in [-0.3, -0.25) is 0 Å². The molecule has 1 aliphatic heterocycles. The van der Waals surface area contributed by atoms with E-state index in [-0.39, 0.29) is 0 Å². The first kappa shape index (κ1) is 7.88. The maximum absolute atomic E-state index is 2.76. The predicted molar refractivity (Wildman–Crippen MR) is 56.8 cm³/mol. The summed E-state index contributed by atoms with van der Waals surface area (Å²) in [5, 5.41) is 0. The Balaban J connectivity index is 2.47. The summed E-state index contributed by atoms with van der Waals surface area (Å²) < 4.78 is 2.22. The van der Waals surface area contributed by atoms with Crippen LogP contribution in [0.4, 0.5) is 11.4 Å². The van der Waals surface area contributed by atoms with Crippen molar-refractivity contribution >= 4 is 20.8 Å². The largest absolute Gasteiger partial charge is 0.371 e. The van der Waals surface area contributed by atoms with Gasteiger partial charge in [-0.1, -0.05) is 12.1 Å². The number of hydrogen-bond acceptors (Lipinski definition) is 2. The first-order valence-corrected chi connectivity index (χ1v) is 4.63. The molecule has 64 valence electrons. The van der Waals surface area contributed by atoms with Crippen LogP contribution < -0.4 is 9.57 Å². The Hall–Kier alpha value is -0.750. The smallest absolute Gasteiger partial charge is 0.0633 e. The van der Waals surface area contributed by atoms with Gasteiger partial charge in [-0.25, -0.2) is 0 Å². The molecule has 0 aliphatic carbocycles. The van der Waals surface area contributed by atoms with E-state index in [0.29, 0.717) is 0 Å². The van der Waals surface area contributed by atoms with Crippen LogP contribution in [-0.4, -0.2) is 20.1 Å². The number of fused-ring (bicyclic) bond motifs is 1. The van der Waals surface area contributed by atoms with E-state index in [4.69, 9.17) is 0 Å². The molecule has 1 heterocycles. The molecular weight excluding hydrogens is 167 g/mol. The van der Waals surface area contributed by atoms with E-state index >= 15 is 0 Å². The Bertz CT molecular complexity index is 259.